The lowest BCUT2D eigenvalue weighted by atomic mass is 10.1. The standard InChI is InChI=1S/C19H20F2N4O3/c1-11-13(9-25(4)22-11)8-24(3)19(26)18-15(12(2)28-23-18)10-27-17-6-5-14(20)7-16(17)21/h5-7,9H,8,10H2,1-4H3. The molecule has 0 unspecified atom stereocenters. The number of carbonyl (C=O) groups excluding carboxylic acids is 1. The molecule has 0 bridgehead atoms. The summed E-state index contributed by atoms with van der Waals surface area (Å²) in [6.45, 7) is 3.70. The number of benzene rings is 1. The van der Waals surface area contributed by atoms with Crippen LogP contribution in [0.15, 0.2) is 28.9 Å². The van der Waals surface area contributed by atoms with Crippen LogP contribution in [0, 0.1) is 25.5 Å². The van der Waals surface area contributed by atoms with Gasteiger partial charge in [0.15, 0.2) is 17.3 Å². The quantitative estimate of drug-likeness (QED) is 0.647. The summed E-state index contributed by atoms with van der Waals surface area (Å²) in [5, 5.41) is 8.09. The molecule has 1 amide bonds. The molecule has 0 fully saturated rings. The maximum atomic E-state index is 13.8. The predicted octanol–water partition coefficient (Wildman–Crippen LogP) is 3.15. The van der Waals surface area contributed by atoms with Crippen molar-refractivity contribution in [1.29, 1.82) is 0 Å². The van der Waals surface area contributed by atoms with Gasteiger partial charge in [0.25, 0.3) is 5.91 Å². The zero-order valence-corrected chi connectivity index (χ0v) is 16.0. The number of rotatable bonds is 6. The van der Waals surface area contributed by atoms with Crippen LogP contribution in [0.3, 0.4) is 0 Å². The normalized spacial score (nSPS) is 10.9. The summed E-state index contributed by atoms with van der Waals surface area (Å²) in [6, 6.07) is 3.01. The number of hydrogen-bond donors (Lipinski definition) is 0. The largest absolute Gasteiger partial charge is 0.486 e. The van der Waals surface area contributed by atoms with Crippen LogP contribution in [0.1, 0.15) is 33.1 Å². The second kappa shape index (κ2) is 7.79. The fraction of sp³-hybridized carbons (Fsp3) is 0.316. The first kappa shape index (κ1) is 19.5. The van der Waals surface area contributed by atoms with Crippen molar-refractivity contribution in [3.63, 3.8) is 0 Å². The number of halogens is 2. The minimum Gasteiger partial charge on any atom is -0.486 e. The highest BCUT2D eigenvalue weighted by atomic mass is 19.1. The first-order valence-electron chi connectivity index (χ1n) is 8.54. The van der Waals surface area contributed by atoms with Gasteiger partial charge in [0, 0.05) is 38.5 Å². The molecule has 0 saturated heterocycles. The van der Waals surface area contributed by atoms with Crippen LogP contribution >= 0.6 is 0 Å². The molecule has 0 N–H and O–H groups in total. The molecule has 9 heteroatoms. The molecule has 2 heterocycles. The van der Waals surface area contributed by atoms with E-state index in [2.05, 4.69) is 10.3 Å². The molecule has 1 aromatic carbocycles. The fourth-order valence-corrected chi connectivity index (χ4v) is 2.78. The molecule has 0 aliphatic rings. The van der Waals surface area contributed by atoms with E-state index in [4.69, 9.17) is 9.26 Å². The smallest absolute Gasteiger partial charge is 0.276 e. The van der Waals surface area contributed by atoms with Crippen molar-refractivity contribution in [3.8, 4) is 5.75 Å². The van der Waals surface area contributed by atoms with Gasteiger partial charge < -0.3 is 14.2 Å². The van der Waals surface area contributed by atoms with Gasteiger partial charge in [-0.25, -0.2) is 8.78 Å². The molecule has 3 aromatic rings. The number of carbonyl (C=O) groups is 1. The average Bonchev–Trinajstić information content (AvgIpc) is 3.15. The monoisotopic (exact) mass is 390 g/mol. The van der Waals surface area contributed by atoms with E-state index in [1.165, 1.54) is 11.0 Å². The second-order valence-electron chi connectivity index (χ2n) is 6.50. The molecule has 3 rings (SSSR count). The highest BCUT2D eigenvalue weighted by Crippen LogP contribution is 2.22. The van der Waals surface area contributed by atoms with E-state index >= 15 is 0 Å². The highest BCUT2D eigenvalue weighted by Gasteiger charge is 2.24. The van der Waals surface area contributed by atoms with Crippen LogP contribution in [0.5, 0.6) is 5.75 Å². The van der Waals surface area contributed by atoms with Gasteiger partial charge in [-0.15, -0.1) is 0 Å². The fourth-order valence-electron chi connectivity index (χ4n) is 2.78. The van der Waals surface area contributed by atoms with E-state index in [9.17, 15) is 13.6 Å². The summed E-state index contributed by atoms with van der Waals surface area (Å²) < 4.78 is 39.0. The summed E-state index contributed by atoms with van der Waals surface area (Å²) in [7, 11) is 3.45. The molecule has 0 aliphatic carbocycles. The van der Waals surface area contributed by atoms with Crippen molar-refractivity contribution < 1.29 is 22.8 Å². The van der Waals surface area contributed by atoms with Gasteiger partial charge in [-0.05, 0) is 26.0 Å². The van der Waals surface area contributed by atoms with Crippen molar-refractivity contribution >= 4 is 5.91 Å². The number of aromatic nitrogens is 3. The second-order valence-corrected chi connectivity index (χ2v) is 6.50. The Labute approximate surface area is 160 Å². The van der Waals surface area contributed by atoms with Crippen molar-refractivity contribution in [2.75, 3.05) is 7.05 Å². The lowest BCUT2D eigenvalue weighted by Crippen LogP contribution is -2.27. The van der Waals surface area contributed by atoms with E-state index in [-0.39, 0.29) is 24.0 Å². The van der Waals surface area contributed by atoms with Gasteiger partial charge in [-0.2, -0.15) is 5.10 Å². The molecule has 7 nitrogen and oxygen atoms in total. The van der Waals surface area contributed by atoms with E-state index in [1.807, 2.05) is 20.2 Å². The first-order chi connectivity index (χ1) is 13.3. The molecule has 2 aromatic heterocycles. The Balaban J connectivity index is 1.75. The zero-order chi connectivity index (χ0) is 20.4. The van der Waals surface area contributed by atoms with Crippen molar-refractivity contribution in [1.82, 2.24) is 19.8 Å². The van der Waals surface area contributed by atoms with Crippen molar-refractivity contribution in [2.24, 2.45) is 7.05 Å². The lowest BCUT2D eigenvalue weighted by Gasteiger charge is -2.16. The minimum atomic E-state index is -0.828. The number of hydrogen-bond acceptors (Lipinski definition) is 5. The number of nitrogens with zero attached hydrogens (tertiary/aromatic N) is 4. The molecule has 0 spiro atoms. The van der Waals surface area contributed by atoms with Gasteiger partial charge in [0.1, 0.15) is 18.2 Å². The van der Waals surface area contributed by atoms with E-state index in [1.54, 1.807) is 18.7 Å². The maximum Gasteiger partial charge on any atom is 0.276 e. The van der Waals surface area contributed by atoms with E-state index in [0.717, 1.165) is 23.4 Å². The van der Waals surface area contributed by atoms with Gasteiger partial charge in [-0.1, -0.05) is 5.16 Å². The number of ether oxygens (including phenoxy) is 1. The van der Waals surface area contributed by atoms with Gasteiger partial charge in [-0.3, -0.25) is 9.48 Å². The molecule has 0 radical (unpaired) electrons. The molecular weight excluding hydrogens is 370 g/mol. The Hall–Kier alpha value is -3.23. The van der Waals surface area contributed by atoms with Gasteiger partial charge in [0.05, 0.1) is 11.3 Å². The van der Waals surface area contributed by atoms with Crippen molar-refractivity contribution in [3.05, 3.63) is 64.3 Å². The van der Waals surface area contributed by atoms with Gasteiger partial charge >= 0.3 is 0 Å². The number of amides is 1. The molecule has 148 valence electrons. The van der Waals surface area contributed by atoms with Crippen LogP contribution in [-0.4, -0.2) is 32.8 Å². The van der Waals surface area contributed by atoms with Crippen LogP contribution in [-0.2, 0) is 20.2 Å². The minimum absolute atomic E-state index is 0.0871. The SMILES string of the molecule is Cc1nn(C)cc1CN(C)C(=O)c1noc(C)c1COc1ccc(F)cc1F. The third-order valence-electron chi connectivity index (χ3n) is 4.32. The molecular formula is C19H20F2N4O3. The summed E-state index contributed by atoms with van der Waals surface area (Å²) in [6.07, 6.45) is 1.84. The van der Waals surface area contributed by atoms with E-state index in [0.29, 0.717) is 17.9 Å². The average molecular weight is 390 g/mol. The molecule has 0 aliphatic heterocycles. The summed E-state index contributed by atoms with van der Waals surface area (Å²) in [5.74, 6) is -1.63. The van der Waals surface area contributed by atoms with Crippen LogP contribution in [0.25, 0.3) is 0 Å². The molecule has 0 saturated carbocycles. The summed E-state index contributed by atoms with van der Waals surface area (Å²) in [5.41, 5.74) is 2.23. The maximum absolute atomic E-state index is 13.8. The van der Waals surface area contributed by atoms with Gasteiger partial charge in [0.2, 0.25) is 0 Å². The highest BCUT2D eigenvalue weighted by molar-refractivity contribution is 5.93. The molecule has 28 heavy (non-hydrogen) atoms. The topological polar surface area (TPSA) is 73.4 Å². The molecule has 0 atom stereocenters. The zero-order valence-electron chi connectivity index (χ0n) is 16.0. The predicted molar refractivity (Wildman–Crippen MR) is 95.7 cm³/mol. The lowest BCUT2D eigenvalue weighted by molar-refractivity contribution is 0.0772. The Morgan fingerprint density at radius 3 is 2.71 bits per heavy atom. The third kappa shape index (κ3) is 4.03. The van der Waals surface area contributed by atoms with Crippen molar-refractivity contribution in [2.45, 2.75) is 27.0 Å². The van der Waals surface area contributed by atoms with Crippen LogP contribution < -0.4 is 4.74 Å². The Kier molecular flexibility index (Phi) is 5.43. The van der Waals surface area contributed by atoms with Crippen LogP contribution in [0.4, 0.5) is 8.78 Å². The van der Waals surface area contributed by atoms with E-state index < -0.39 is 11.6 Å². The third-order valence-corrected chi connectivity index (χ3v) is 4.32. The van der Waals surface area contributed by atoms with Crippen LogP contribution in [0.2, 0.25) is 0 Å². The Morgan fingerprint density at radius 1 is 1.32 bits per heavy atom. The first-order valence-corrected chi connectivity index (χ1v) is 8.54. The number of aryl methyl sites for hydroxylation is 3. The summed E-state index contributed by atoms with van der Waals surface area (Å²) in [4.78, 5) is 14.3. The summed E-state index contributed by atoms with van der Waals surface area (Å²) >= 11 is 0. The Morgan fingerprint density at radius 2 is 2.07 bits per heavy atom. The Bertz CT molecular complexity index is 1010.